The van der Waals surface area contributed by atoms with Gasteiger partial charge in [-0.2, -0.15) is 0 Å². The van der Waals surface area contributed by atoms with Crippen molar-refractivity contribution in [3.63, 3.8) is 0 Å². The molecule has 1 aromatic carbocycles. The van der Waals surface area contributed by atoms with Gasteiger partial charge >= 0.3 is 0 Å². The van der Waals surface area contributed by atoms with Gasteiger partial charge in [0, 0.05) is 18.7 Å². The van der Waals surface area contributed by atoms with E-state index in [1.54, 1.807) is 0 Å². The van der Waals surface area contributed by atoms with E-state index >= 15 is 0 Å². The molecular formula is C18H25N3O4S. The van der Waals surface area contributed by atoms with E-state index in [2.05, 4.69) is 4.31 Å². The largest absolute Gasteiger partial charge is 0.291 e. The molecule has 0 radical (unpaired) electrons. The van der Waals surface area contributed by atoms with Crippen LogP contribution in [0.5, 0.6) is 0 Å². The summed E-state index contributed by atoms with van der Waals surface area (Å²) in [4.78, 5) is 21.7. The predicted octanol–water partition coefficient (Wildman–Crippen LogP) is 5.34. The van der Waals surface area contributed by atoms with Crippen LogP contribution in [0.4, 0.5) is 11.4 Å². The molecule has 1 saturated carbocycles. The molecular weight excluding hydrogens is 354 g/mol. The monoisotopic (exact) mass is 379 g/mol. The summed E-state index contributed by atoms with van der Waals surface area (Å²) >= 11 is 1.41. The number of nitro groups is 2. The third-order valence-corrected chi connectivity index (χ3v) is 6.73. The van der Waals surface area contributed by atoms with Crippen LogP contribution < -0.4 is 0 Å². The molecule has 26 heavy (non-hydrogen) atoms. The normalized spacial score (nSPS) is 22.2. The highest BCUT2D eigenvalue weighted by Gasteiger charge is 2.29. The summed E-state index contributed by atoms with van der Waals surface area (Å²) in [6, 6.07) is 4.39. The second kappa shape index (κ2) is 8.81. The number of rotatable bonds is 6. The highest BCUT2D eigenvalue weighted by atomic mass is 32.2. The van der Waals surface area contributed by atoms with Crippen molar-refractivity contribution in [3.05, 3.63) is 38.4 Å². The van der Waals surface area contributed by atoms with Crippen LogP contribution >= 0.6 is 11.9 Å². The number of hydrogen-bond acceptors (Lipinski definition) is 6. The average molecular weight is 379 g/mol. The maximum Gasteiger partial charge on any atom is 0.291 e. The molecule has 1 aliphatic carbocycles. The van der Waals surface area contributed by atoms with Crippen molar-refractivity contribution in [1.82, 2.24) is 4.31 Å². The van der Waals surface area contributed by atoms with Gasteiger partial charge in [0.05, 0.1) is 15.9 Å². The van der Waals surface area contributed by atoms with E-state index in [-0.39, 0.29) is 11.4 Å². The lowest BCUT2D eigenvalue weighted by Crippen LogP contribution is -2.36. The Bertz CT molecular complexity index is 664. The summed E-state index contributed by atoms with van der Waals surface area (Å²) in [5.74, 6) is 0.766. The molecule has 1 aliphatic heterocycles. The van der Waals surface area contributed by atoms with Crippen molar-refractivity contribution in [2.75, 3.05) is 6.54 Å². The third kappa shape index (κ3) is 4.73. The van der Waals surface area contributed by atoms with Gasteiger partial charge < -0.3 is 0 Å². The minimum atomic E-state index is -0.589. The van der Waals surface area contributed by atoms with Gasteiger partial charge in [-0.05, 0) is 43.2 Å². The van der Waals surface area contributed by atoms with Crippen LogP contribution in [-0.4, -0.2) is 26.7 Å². The lowest BCUT2D eigenvalue weighted by molar-refractivity contribution is -0.396. The molecule has 0 unspecified atom stereocenters. The maximum atomic E-state index is 11.4. The minimum absolute atomic E-state index is 0.175. The fourth-order valence-corrected chi connectivity index (χ4v) is 5.27. The van der Waals surface area contributed by atoms with Crippen molar-refractivity contribution in [2.45, 2.75) is 68.7 Å². The quantitative estimate of drug-likeness (QED) is 0.377. The lowest BCUT2D eigenvalue weighted by atomic mass is 9.83. The molecule has 3 rings (SSSR count). The van der Waals surface area contributed by atoms with Crippen LogP contribution in [0.3, 0.4) is 0 Å². The molecule has 8 heteroatoms. The summed E-state index contributed by atoms with van der Waals surface area (Å²) in [6.07, 6.45) is 11.2. The highest BCUT2D eigenvalue weighted by Crippen LogP contribution is 2.40. The van der Waals surface area contributed by atoms with Crippen molar-refractivity contribution in [3.8, 4) is 0 Å². The van der Waals surface area contributed by atoms with Crippen molar-refractivity contribution in [2.24, 2.45) is 5.92 Å². The van der Waals surface area contributed by atoms with Crippen LogP contribution in [0.15, 0.2) is 23.1 Å². The zero-order valence-electron chi connectivity index (χ0n) is 14.8. The first-order valence-corrected chi connectivity index (χ1v) is 10.2. The van der Waals surface area contributed by atoms with Gasteiger partial charge in [0.2, 0.25) is 0 Å². The molecule has 2 fully saturated rings. The number of benzene rings is 1. The van der Waals surface area contributed by atoms with Crippen LogP contribution in [0, 0.1) is 26.1 Å². The van der Waals surface area contributed by atoms with E-state index in [1.807, 2.05) is 0 Å². The minimum Gasteiger partial charge on any atom is -0.258 e. The third-order valence-electron chi connectivity index (χ3n) is 5.47. The van der Waals surface area contributed by atoms with Gasteiger partial charge in [0.15, 0.2) is 0 Å². The molecule has 142 valence electrons. The fraction of sp³-hybridized carbons (Fsp3) is 0.667. The maximum absolute atomic E-state index is 11.4. The Labute approximate surface area is 157 Å². The first-order valence-electron chi connectivity index (χ1n) is 9.42. The van der Waals surface area contributed by atoms with Crippen molar-refractivity contribution < 1.29 is 9.85 Å². The van der Waals surface area contributed by atoms with Gasteiger partial charge in [-0.1, -0.05) is 38.5 Å². The van der Waals surface area contributed by atoms with Gasteiger partial charge in [0.1, 0.15) is 4.90 Å². The summed E-state index contributed by atoms with van der Waals surface area (Å²) in [6.45, 7) is 0.913. The molecule has 0 N–H and O–H groups in total. The van der Waals surface area contributed by atoms with Crippen molar-refractivity contribution in [1.29, 1.82) is 0 Å². The standard InChI is InChI=1S/C18H25N3O4S/c22-20(23)16-9-10-18(17(13-16)21(24)25)26-19-11-5-4-8-15(19)12-14-6-2-1-3-7-14/h9-10,13-15H,1-8,11-12H2/t15-/m1/s1. The van der Waals surface area contributed by atoms with E-state index < -0.39 is 9.85 Å². The van der Waals surface area contributed by atoms with E-state index in [9.17, 15) is 20.2 Å². The number of nitrogens with zero attached hydrogens (tertiary/aromatic N) is 3. The Hall–Kier alpha value is -1.67. The number of non-ortho nitro benzene ring substituents is 1. The zero-order chi connectivity index (χ0) is 18.5. The molecule has 1 saturated heterocycles. The molecule has 1 atom stereocenters. The first kappa shape index (κ1) is 19.1. The second-order valence-electron chi connectivity index (χ2n) is 7.29. The molecule has 2 aliphatic rings. The van der Waals surface area contributed by atoms with Crippen LogP contribution in [0.25, 0.3) is 0 Å². The van der Waals surface area contributed by atoms with Crippen LogP contribution in [0.1, 0.15) is 57.8 Å². The Morgan fingerprint density at radius 3 is 2.42 bits per heavy atom. The van der Waals surface area contributed by atoms with Gasteiger partial charge in [-0.25, -0.2) is 4.31 Å². The lowest BCUT2D eigenvalue weighted by Gasteiger charge is -2.37. The van der Waals surface area contributed by atoms with E-state index in [1.165, 1.54) is 62.6 Å². The second-order valence-corrected chi connectivity index (χ2v) is 8.38. The molecule has 0 spiro atoms. The Kier molecular flexibility index (Phi) is 6.48. The Balaban J connectivity index is 1.74. The summed E-state index contributed by atoms with van der Waals surface area (Å²) in [7, 11) is 0. The summed E-state index contributed by atoms with van der Waals surface area (Å²) < 4.78 is 2.28. The summed E-state index contributed by atoms with van der Waals surface area (Å²) in [5.41, 5.74) is -0.412. The molecule has 7 nitrogen and oxygen atoms in total. The average Bonchev–Trinajstić information content (AvgIpc) is 2.64. The topological polar surface area (TPSA) is 89.5 Å². The smallest absolute Gasteiger partial charge is 0.258 e. The molecule has 0 amide bonds. The van der Waals surface area contributed by atoms with Gasteiger partial charge in [0.25, 0.3) is 11.4 Å². The van der Waals surface area contributed by atoms with E-state index in [4.69, 9.17) is 0 Å². The molecule has 1 aromatic rings. The zero-order valence-corrected chi connectivity index (χ0v) is 15.7. The van der Waals surface area contributed by atoms with Gasteiger partial charge in [-0.15, -0.1) is 0 Å². The van der Waals surface area contributed by atoms with Crippen molar-refractivity contribution >= 4 is 23.3 Å². The fourth-order valence-electron chi connectivity index (χ4n) is 4.10. The number of piperidine rings is 1. The molecule has 0 bridgehead atoms. The number of hydrogen-bond donors (Lipinski definition) is 0. The Morgan fingerprint density at radius 1 is 1.00 bits per heavy atom. The van der Waals surface area contributed by atoms with Crippen LogP contribution in [0.2, 0.25) is 0 Å². The highest BCUT2D eigenvalue weighted by molar-refractivity contribution is 7.97. The van der Waals surface area contributed by atoms with E-state index in [0.29, 0.717) is 10.9 Å². The molecule has 1 heterocycles. The first-order chi connectivity index (χ1) is 12.5. The predicted molar refractivity (Wildman–Crippen MR) is 101 cm³/mol. The molecule has 0 aromatic heterocycles. The number of nitro benzene ring substituents is 2. The Morgan fingerprint density at radius 2 is 1.73 bits per heavy atom. The van der Waals surface area contributed by atoms with Gasteiger partial charge in [-0.3, -0.25) is 20.2 Å². The summed E-state index contributed by atoms with van der Waals surface area (Å²) in [5, 5.41) is 22.3. The van der Waals surface area contributed by atoms with E-state index in [0.717, 1.165) is 37.8 Å². The van der Waals surface area contributed by atoms with Crippen LogP contribution in [-0.2, 0) is 0 Å². The SMILES string of the molecule is O=[N+]([O-])c1ccc(SN2CCCC[C@@H]2CC2CCCCC2)c([N+](=O)[O-])c1.